The lowest BCUT2D eigenvalue weighted by molar-refractivity contribution is -0.130. The highest BCUT2D eigenvalue weighted by Gasteiger charge is 2.26. The Hall–Kier alpha value is -0.640. The van der Waals surface area contributed by atoms with E-state index in [-0.39, 0.29) is 5.91 Å². The molecule has 0 spiro atoms. The smallest absolute Gasteiger partial charge is 0.223 e. The molecular formula is C9H16N2OS. The first-order valence-electron chi connectivity index (χ1n) is 4.69. The summed E-state index contributed by atoms with van der Waals surface area (Å²) in [7, 11) is 0. The molecule has 0 aromatic heterocycles. The summed E-state index contributed by atoms with van der Waals surface area (Å²) in [5.41, 5.74) is 5.39. The van der Waals surface area contributed by atoms with Crippen LogP contribution < -0.4 is 5.73 Å². The van der Waals surface area contributed by atoms with E-state index < -0.39 is 0 Å². The standard InChI is InChI=1S/C9H16N2OS/c1-2-11(6-8(10)13)9(12)5-7-3-4-7/h7H,2-6H2,1H3,(H2,10,13). The number of carbonyl (C=O) groups is 1. The van der Waals surface area contributed by atoms with Crippen LogP contribution in [0, 0.1) is 5.92 Å². The minimum absolute atomic E-state index is 0.192. The van der Waals surface area contributed by atoms with Crippen LogP contribution in [0.1, 0.15) is 26.2 Å². The summed E-state index contributed by atoms with van der Waals surface area (Å²) in [5, 5.41) is 0. The molecule has 1 saturated carbocycles. The third-order valence-corrected chi connectivity index (χ3v) is 2.37. The van der Waals surface area contributed by atoms with Crippen molar-refractivity contribution in [1.82, 2.24) is 4.90 Å². The highest BCUT2D eigenvalue weighted by Crippen LogP contribution is 2.32. The summed E-state index contributed by atoms with van der Waals surface area (Å²) in [4.78, 5) is 13.7. The summed E-state index contributed by atoms with van der Waals surface area (Å²) in [6.45, 7) is 3.07. The highest BCUT2D eigenvalue weighted by atomic mass is 32.1. The van der Waals surface area contributed by atoms with E-state index in [1.54, 1.807) is 4.90 Å². The lowest BCUT2D eigenvalue weighted by atomic mass is 10.2. The van der Waals surface area contributed by atoms with Gasteiger partial charge in [-0.25, -0.2) is 0 Å². The van der Waals surface area contributed by atoms with Crippen molar-refractivity contribution < 1.29 is 4.79 Å². The van der Waals surface area contributed by atoms with Gasteiger partial charge < -0.3 is 10.6 Å². The molecule has 74 valence electrons. The van der Waals surface area contributed by atoms with Crippen LogP contribution in [0.25, 0.3) is 0 Å². The molecule has 3 nitrogen and oxygen atoms in total. The molecule has 13 heavy (non-hydrogen) atoms. The molecule has 0 saturated heterocycles. The van der Waals surface area contributed by atoms with E-state index in [4.69, 9.17) is 18.0 Å². The fourth-order valence-electron chi connectivity index (χ4n) is 1.26. The number of thiocarbonyl (C=S) groups is 1. The number of likely N-dealkylation sites (N-methyl/N-ethyl adjacent to an activating group) is 1. The summed E-state index contributed by atoms with van der Waals surface area (Å²) >= 11 is 4.77. The second-order valence-corrected chi connectivity index (χ2v) is 4.05. The Balaban J connectivity index is 2.34. The topological polar surface area (TPSA) is 46.3 Å². The van der Waals surface area contributed by atoms with Crippen molar-refractivity contribution in [2.24, 2.45) is 11.7 Å². The van der Waals surface area contributed by atoms with Gasteiger partial charge in [-0.15, -0.1) is 0 Å². The van der Waals surface area contributed by atoms with Crippen molar-refractivity contribution in [3.63, 3.8) is 0 Å². The molecule has 0 aromatic carbocycles. The van der Waals surface area contributed by atoms with Gasteiger partial charge in [0.05, 0.1) is 11.5 Å². The van der Waals surface area contributed by atoms with Gasteiger partial charge in [-0.05, 0) is 25.7 Å². The third kappa shape index (κ3) is 3.72. The van der Waals surface area contributed by atoms with Crippen molar-refractivity contribution in [2.45, 2.75) is 26.2 Å². The summed E-state index contributed by atoms with van der Waals surface area (Å²) in [5.74, 6) is 0.825. The lowest BCUT2D eigenvalue weighted by Crippen LogP contribution is -2.37. The van der Waals surface area contributed by atoms with Gasteiger partial charge in [-0.1, -0.05) is 12.2 Å². The SMILES string of the molecule is CCN(CC(N)=S)C(=O)CC1CC1. The average molecular weight is 200 g/mol. The monoisotopic (exact) mass is 200 g/mol. The second kappa shape index (κ2) is 4.56. The van der Waals surface area contributed by atoms with Gasteiger partial charge in [0.15, 0.2) is 0 Å². The summed E-state index contributed by atoms with van der Waals surface area (Å²) in [6, 6.07) is 0. The molecule has 1 rings (SSSR count). The van der Waals surface area contributed by atoms with Crippen molar-refractivity contribution >= 4 is 23.1 Å². The summed E-state index contributed by atoms with van der Waals surface area (Å²) in [6.07, 6.45) is 3.09. The first-order chi connectivity index (χ1) is 6.13. The Labute approximate surface area is 84.3 Å². The van der Waals surface area contributed by atoms with Crippen LogP contribution in [0.15, 0.2) is 0 Å². The first kappa shape index (κ1) is 10.4. The fraction of sp³-hybridized carbons (Fsp3) is 0.778. The Morgan fingerprint density at radius 2 is 2.23 bits per heavy atom. The first-order valence-corrected chi connectivity index (χ1v) is 5.10. The normalized spacial score (nSPS) is 15.5. The van der Waals surface area contributed by atoms with Crippen LogP contribution in [0.2, 0.25) is 0 Å². The molecule has 1 fully saturated rings. The molecule has 0 radical (unpaired) electrons. The minimum Gasteiger partial charge on any atom is -0.392 e. The molecule has 0 bridgehead atoms. The number of rotatable bonds is 5. The van der Waals surface area contributed by atoms with Gasteiger partial charge >= 0.3 is 0 Å². The lowest BCUT2D eigenvalue weighted by Gasteiger charge is -2.19. The Morgan fingerprint density at radius 3 is 2.62 bits per heavy atom. The Kier molecular flexibility index (Phi) is 3.66. The van der Waals surface area contributed by atoms with E-state index >= 15 is 0 Å². The number of hydrogen-bond donors (Lipinski definition) is 1. The zero-order valence-corrected chi connectivity index (χ0v) is 8.77. The average Bonchev–Trinajstić information content (AvgIpc) is 2.83. The van der Waals surface area contributed by atoms with Gasteiger partial charge in [0.25, 0.3) is 0 Å². The van der Waals surface area contributed by atoms with Gasteiger partial charge in [-0.2, -0.15) is 0 Å². The largest absolute Gasteiger partial charge is 0.392 e. The predicted octanol–water partition coefficient (Wildman–Crippen LogP) is 0.921. The van der Waals surface area contributed by atoms with Crippen molar-refractivity contribution in [2.75, 3.05) is 13.1 Å². The zero-order valence-electron chi connectivity index (χ0n) is 7.95. The number of hydrogen-bond acceptors (Lipinski definition) is 2. The van der Waals surface area contributed by atoms with Crippen LogP contribution in [-0.4, -0.2) is 28.9 Å². The number of amides is 1. The van der Waals surface area contributed by atoms with E-state index in [2.05, 4.69) is 0 Å². The maximum atomic E-state index is 11.6. The van der Waals surface area contributed by atoms with E-state index in [0.717, 1.165) is 0 Å². The van der Waals surface area contributed by atoms with Crippen LogP contribution >= 0.6 is 12.2 Å². The maximum absolute atomic E-state index is 11.6. The van der Waals surface area contributed by atoms with Crippen LogP contribution in [-0.2, 0) is 4.79 Å². The predicted molar refractivity (Wildman–Crippen MR) is 56.4 cm³/mol. The number of nitrogens with zero attached hydrogens (tertiary/aromatic N) is 1. The minimum atomic E-state index is 0.192. The molecule has 0 aromatic rings. The Morgan fingerprint density at radius 1 is 1.62 bits per heavy atom. The quantitative estimate of drug-likeness (QED) is 0.671. The third-order valence-electron chi connectivity index (χ3n) is 2.24. The molecule has 0 unspecified atom stereocenters. The van der Waals surface area contributed by atoms with Crippen LogP contribution in [0.3, 0.4) is 0 Å². The van der Waals surface area contributed by atoms with Crippen LogP contribution in [0.5, 0.6) is 0 Å². The van der Waals surface area contributed by atoms with Gasteiger partial charge in [0.1, 0.15) is 0 Å². The highest BCUT2D eigenvalue weighted by molar-refractivity contribution is 7.80. The molecule has 1 aliphatic rings. The molecule has 1 aliphatic carbocycles. The van der Waals surface area contributed by atoms with E-state index in [1.807, 2.05) is 6.92 Å². The van der Waals surface area contributed by atoms with Gasteiger partial charge in [-0.3, -0.25) is 4.79 Å². The van der Waals surface area contributed by atoms with Gasteiger partial charge in [0.2, 0.25) is 5.91 Å². The number of nitrogens with two attached hydrogens (primary N) is 1. The molecule has 4 heteroatoms. The van der Waals surface area contributed by atoms with Crippen molar-refractivity contribution in [3.05, 3.63) is 0 Å². The molecule has 0 aliphatic heterocycles. The summed E-state index contributed by atoms with van der Waals surface area (Å²) < 4.78 is 0. The molecule has 0 atom stereocenters. The van der Waals surface area contributed by atoms with Crippen molar-refractivity contribution in [3.8, 4) is 0 Å². The zero-order chi connectivity index (χ0) is 9.84. The molecule has 1 amide bonds. The van der Waals surface area contributed by atoms with Crippen LogP contribution in [0.4, 0.5) is 0 Å². The van der Waals surface area contributed by atoms with E-state index in [0.29, 0.717) is 30.4 Å². The maximum Gasteiger partial charge on any atom is 0.223 e. The Bertz CT molecular complexity index is 214. The molecular weight excluding hydrogens is 184 g/mol. The number of carbonyl (C=O) groups excluding carboxylic acids is 1. The van der Waals surface area contributed by atoms with E-state index in [9.17, 15) is 4.79 Å². The van der Waals surface area contributed by atoms with Gasteiger partial charge in [0, 0.05) is 13.0 Å². The van der Waals surface area contributed by atoms with Crippen molar-refractivity contribution in [1.29, 1.82) is 0 Å². The molecule has 2 N–H and O–H groups in total. The van der Waals surface area contributed by atoms with E-state index in [1.165, 1.54) is 12.8 Å². The fourth-order valence-corrected chi connectivity index (χ4v) is 1.42. The molecule has 0 heterocycles. The second-order valence-electron chi connectivity index (χ2n) is 3.52.